The fraction of sp³-hybridized carbons (Fsp3) is 0.696. The molecule has 0 aliphatic carbocycles. The molecule has 0 aromatic carbocycles. The van der Waals surface area contributed by atoms with E-state index in [0.29, 0.717) is 18.7 Å². The Labute approximate surface area is 199 Å². The minimum Gasteiger partial charge on any atom is -0.384 e. The third-order valence-electron chi connectivity index (χ3n) is 5.50. The Balaban J connectivity index is 2.08. The molecule has 11 nitrogen and oxygen atoms in total. The zero-order valence-corrected chi connectivity index (χ0v) is 20.6. The van der Waals surface area contributed by atoms with E-state index in [0.717, 1.165) is 0 Å². The number of epoxide rings is 1. The van der Waals surface area contributed by atoms with Crippen molar-refractivity contribution in [1.29, 1.82) is 0 Å². The summed E-state index contributed by atoms with van der Waals surface area (Å²) in [6.45, 7) is 7.45. The summed E-state index contributed by atoms with van der Waals surface area (Å²) in [6.07, 6.45) is 0.218. The second kappa shape index (κ2) is 12.2. The Kier molecular flexibility index (Phi) is 9.90. The summed E-state index contributed by atoms with van der Waals surface area (Å²) in [5.41, 5.74) is -0.362. The predicted octanol–water partition coefficient (Wildman–Crippen LogP) is 0.839. The van der Waals surface area contributed by atoms with Crippen LogP contribution in [-0.2, 0) is 28.6 Å². The van der Waals surface area contributed by atoms with Crippen LogP contribution in [0.25, 0.3) is 0 Å². The Morgan fingerprint density at radius 2 is 1.76 bits per heavy atom. The highest BCUT2D eigenvalue weighted by molar-refractivity contribution is 5.99. The minimum absolute atomic E-state index is 0.0385. The van der Waals surface area contributed by atoms with Gasteiger partial charge in [0.05, 0.1) is 37.5 Å². The molecule has 1 saturated heterocycles. The molecule has 2 heterocycles. The van der Waals surface area contributed by atoms with Gasteiger partial charge in [0, 0.05) is 26.7 Å². The number of hydrogen-bond acceptors (Lipinski definition) is 9. The van der Waals surface area contributed by atoms with Crippen molar-refractivity contribution in [2.45, 2.75) is 58.2 Å². The van der Waals surface area contributed by atoms with Crippen molar-refractivity contribution in [3.63, 3.8) is 0 Å². The van der Waals surface area contributed by atoms with Crippen LogP contribution in [-0.4, -0.2) is 80.3 Å². The lowest BCUT2D eigenvalue weighted by Crippen LogP contribution is -2.50. The molecule has 2 N–H and O–H groups in total. The van der Waals surface area contributed by atoms with E-state index in [1.807, 2.05) is 13.8 Å². The summed E-state index contributed by atoms with van der Waals surface area (Å²) in [5.74, 6) is -2.46. The molecule has 4 atom stereocenters. The number of nitrogens with zero attached hydrogens (tertiary/aromatic N) is 1. The summed E-state index contributed by atoms with van der Waals surface area (Å²) >= 11 is 0. The fourth-order valence-corrected chi connectivity index (χ4v) is 3.51. The first-order valence-electron chi connectivity index (χ1n) is 11.2. The summed E-state index contributed by atoms with van der Waals surface area (Å²) < 4.78 is 20.4. The molecule has 2 amide bonds. The lowest BCUT2D eigenvalue weighted by atomic mass is 9.92. The van der Waals surface area contributed by atoms with Gasteiger partial charge >= 0.3 is 0 Å². The monoisotopic (exact) mass is 481 g/mol. The summed E-state index contributed by atoms with van der Waals surface area (Å²) in [4.78, 5) is 51.3. The highest BCUT2D eigenvalue weighted by Gasteiger charge is 2.50. The number of carbonyl (C=O) groups is 4. The third kappa shape index (κ3) is 7.71. The van der Waals surface area contributed by atoms with Gasteiger partial charge in [-0.3, -0.25) is 19.2 Å². The van der Waals surface area contributed by atoms with Crippen molar-refractivity contribution in [3.8, 4) is 0 Å². The maximum atomic E-state index is 13.1. The normalized spacial score (nSPS) is 19.9. The quantitative estimate of drug-likeness (QED) is 0.347. The molecule has 1 aliphatic rings. The Hall–Kier alpha value is -2.63. The number of carbonyl (C=O) groups excluding carboxylic acids is 4. The number of methoxy groups -OCH3 is 2. The molecule has 1 aromatic heterocycles. The fourth-order valence-electron chi connectivity index (χ4n) is 3.51. The SMILES string of the molecule is COC[C@H](CC(=O)[C@H](COC)NC(=O)c1cc(C)no1)C(=O)N[C@@H](CC(C)C)C(=O)[C@@]1(C)CO1. The lowest BCUT2D eigenvalue weighted by molar-refractivity contribution is -0.135. The number of rotatable bonds is 15. The largest absolute Gasteiger partial charge is 0.384 e. The molecular weight excluding hydrogens is 446 g/mol. The van der Waals surface area contributed by atoms with E-state index in [1.54, 1.807) is 13.8 Å². The van der Waals surface area contributed by atoms with Gasteiger partial charge in [0.15, 0.2) is 11.6 Å². The number of nitrogens with one attached hydrogen (secondary N) is 2. The Bertz CT molecular complexity index is 877. The van der Waals surface area contributed by atoms with E-state index in [4.69, 9.17) is 18.7 Å². The first-order valence-corrected chi connectivity index (χ1v) is 11.2. The van der Waals surface area contributed by atoms with Crippen LogP contribution >= 0.6 is 0 Å². The van der Waals surface area contributed by atoms with Crippen LogP contribution in [0, 0.1) is 18.8 Å². The van der Waals surface area contributed by atoms with Crippen molar-refractivity contribution in [3.05, 3.63) is 17.5 Å². The maximum absolute atomic E-state index is 13.1. The van der Waals surface area contributed by atoms with Crippen molar-refractivity contribution in [1.82, 2.24) is 15.8 Å². The zero-order valence-electron chi connectivity index (χ0n) is 20.6. The first kappa shape index (κ1) is 27.6. The van der Waals surface area contributed by atoms with Crippen LogP contribution in [0.3, 0.4) is 0 Å². The number of Topliss-reactive ketones (excluding diaryl/α,β-unsaturated/α-hetero) is 2. The van der Waals surface area contributed by atoms with Crippen LogP contribution in [0.4, 0.5) is 0 Å². The second-order valence-electron chi connectivity index (χ2n) is 9.21. The molecule has 0 radical (unpaired) electrons. The van der Waals surface area contributed by atoms with Crippen molar-refractivity contribution >= 4 is 23.4 Å². The highest BCUT2D eigenvalue weighted by atomic mass is 16.6. The van der Waals surface area contributed by atoms with Crippen LogP contribution < -0.4 is 10.6 Å². The number of ether oxygens (including phenoxy) is 3. The van der Waals surface area contributed by atoms with E-state index in [9.17, 15) is 19.2 Å². The van der Waals surface area contributed by atoms with E-state index >= 15 is 0 Å². The first-order chi connectivity index (χ1) is 16.0. The van der Waals surface area contributed by atoms with Gasteiger partial charge in [-0.2, -0.15) is 0 Å². The van der Waals surface area contributed by atoms with Gasteiger partial charge in [0.2, 0.25) is 11.7 Å². The van der Waals surface area contributed by atoms with E-state index in [-0.39, 0.29) is 37.1 Å². The number of aryl methyl sites for hydroxylation is 1. The Morgan fingerprint density at radius 3 is 2.26 bits per heavy atom. The molecule has 2 rings (SSSR count). The molecule has 34 heavy (non-hydrogen) atoms. The molecule has 0 bridgehead atoms. The summed E-state index contributed by atoms with van der Waals surface area (Å²) in [7, 11) is 2.81. The van der Waals surface area contributed by atoms with Gasteiger partial charge in [0.25, 0.3) is 5.91 Å². The number of hydrogen-bond donors (Lipinski definition) is 2. The van der Waals surface area contributed by atoms with Crippen molar-refractivity contribution in [2.75, 3.05) is 34.0 Å². The highest BCUT2D eigenvalue weighted by Crippen LogP contribution is 2.29. The lowest BCUT2D eigenvalue weighted by Gasteiger charge is -2.25. The second-order valence-corrected chi connectivity index (χ2v) is 9.21. The Morgan fingerprint density at radius 1 is 1.12 bits per heavy atom. The number of ketones is 2. The summed E-state index contributed by atoms with van der Waals surface area (Å²) in [6, 6.07) is -0.304. The minimum atomic E-state index is -1.01. The average Bonchev–Trinajstić information content (AvgIpc) is 3.37. The molecule has 190 valence electrons. The van der Waals surface area contributed by atoms with Crippen LogP contribution in [0.1, 0.15) is 49.9 Å². The van der Waals surface area contributed by atoms with Gasteiger partial charge in [-0.15, -0.1) is 0 Å². The van der Waals surface area contributed by atoms with Gasteiger partial charge in [0.1, 0.15) is 11.6 Å². The van der Waals surface area contributed by atoms with E-state index in [2.05, 4.69) is 15.8 Å². The zero-order chi connectivity index (χ0) is 25.5. The van der Waals surface area contributed by atoms with Crippen molar-refractivity contribution < 1.29 is 37.9 Å². The molecular formula is C23H35N3O8. The van der Waals surface area contributed by atoms with Gasteiger partial charge in [-0.25, -0.2) is 0 Å². The van der Waals surface area contributed by atoms with Gasteiger partial charge in [-0.1, -0.05) is 19.0 Å². The van der Waals surface area contributed by atoms with Crippen LogP contribution in [0.5, 0.6) is 0 Å². The average molecular weight is 482 g/mol. The standard InChI is InChI=1S/C23H35N3O8/c1-13(2)7-16(20(28)23(4)12-33-23)24-21(29)15(10-31-5)9-18(27)17(11-32-6)25-22(30)19-8-14(3)26-34-19/h8,13,15-17H,7,9-12H2,1-6H3,(H,24,29)(H,25,30)/t15-,16-,17-,23+/m0/s1. The summed E-state index contributed by atoms with van der Waals surface area (Å²) in [5, 5.41) is 9.00. The van der Waals surface area contributed by atoms with Gasteiger partial charge < -0.3 is 29.4 Å². The molecule has 1 aromatic rings. The molecule has 11 heteroatoms. The van der Waals surface area contributed by atoms with E-state index in [1.165, 1.54) is 20.3 Å². The smallest absolute Gasteiger partial charge is 0.290 e. The molecule has 0 unspecified atom stereocenters. The van der Waals surface area contributed by atoms with Gasteiger partial charge in [-0.05, 0) is 26.2 Å². The van der Waals surface area contributed by atoms with Crippen molar-refractivity contribution in [2.24, 2.45) is 11.8 Å². The molecule has 0 saturated carbocycles. The number of aromatic nitrogens is 1. The third-order valence-corrected chi connectivity index (χ3v) is 5.50. The predicted molar refractivity (Wildman–Crippen MR) is 120 cm³/mol. The van der Waals surface area contributed by atoms with Crippen LogP contribution in [0.2, 0.25) is 0 Å². The molecule has 1 fully saturated rings. The molecule has 1 aliphatic heterocycles. The van der Waals surface area contributed by atoms with E-state index < -0.39 is 41.2 Å². The maximum Gasteiger partial charge on any atom is 0.290 e. The van der Waals surface area contributed by atoms with Crippen LogP contribution in [0.15, 0.2) is 10.6 Å². The number of amides is 2. The molecule has 0 spiro atoms. The topological polar surface area (TPSA) is 149 Å².